The normalized spacial score (nSPS) is 12.0. The maximum Gasteiger partial charge on any atom is 0.264 e. The molecule has 0 aliphatic heterocycles. The fourth-order valence-corrected chi connectivity index (χ4v) is 3.14. The summed E-state index contributed by atoms with van der Waals surface area (Å²) >= 11 is 0. The standard InChI is InChI=1S/C17H25NO3S/c1-5-6-7-8-13-17(3,4)16(19)18-22(20,21)15-11-9-14(2)10-12-15/h5,9-12H,1,6-8,13H2,2-4H3,(H,18,19). The van der Waals surface area contributed by atoms with Crippen LogP contribution >= 0.6 is 0 Å². The first-order valence-electron chi connectivity index (χ1n) is 7.44. The van der Waals surface area contributed by atoms with E-state index in [-0.39, 0.29) is 4.90 Å². The number of benzene rings is 1. The van der Waals surface area contributed by atoms with Crippen molar-refractivity contribution in [3.8, 4) is 0 Å². The Hall–Kier alpha value is -1.62. The van der Waals surface area contributed by atoms with Crippen molar-refractivity contribution in [1.29, 1.82) is 0 Å². The van der Waals surface area contributed by atoms with E-state index >= 15 is 0 Å². The van der Waals surface area contributed by atoms with Gasteiger partial charge in [-0.3, -0.25) is 4.79 Å². The number of carbonyl (C=O) groups is 1. The number of sulfonamides is 1. The van der Waals surface area contributed by atoms with Crippen LogP contribution in [0.1, 0.15) is 45.1 Å². The van der Waals surface area contributed by atoms with Gasteiger partial charge in [-0.05, 0) is 38.3 Å². The topological polar surface area (TPSA) is 63.2 Å². The van der Waals surface area contributed by atoms with E-state index < -0.39 is 21.3 Å². The Morgan fingerprint density at radius 2 is 1.82 bits per heavy atom. The fraction of sp³-hybridized carbons (Fsp3) is 0.471. The van der Waals surface area contributed by atoms with Gasteiger partial charge in [0.1, 0.15) is 0 Å². The number of hydrogen-bond acceptors (Lipinski definition) is 3. The molecule has 0 aromatic heterocycles. The summed E-state index contributed by atoms with van der Waals surface area (Å²) in [6, 6.07) is 6.42. The molecule has 0 aliphatic carbocycles. The van der Waals surface area contributed by atoms with Crippen LogP contribution in [0.5, 0.6) is 0 Å². The summed E-state index contributed by atoms with van der Waals surface area (Å²) < 4.78 is 26.6. The number of unbranched alkanes of at least 4 members (excludes halogenated alkanes) is 2. The third-order valence-electron chi connectivity index (χ3n) is 3.63. The molecule has 0 aliphatic rings. The van der Waals surface area contributed by atoms with E-state index in [1.54, 1.807) is 26.0 Å². The number of rotatable bonds is 8. The highest BCUT2D eigenvalue weighted by Gasteiger charge is 2.30. The maximum absolute atomic E-state index is 12.3. The lowest BCUT2D eigenvalue weighted by molar-refractivity contribution is -0.127. The van der Waals surface area contributed by atoms with Crippen molar-refractivity contribution in [1.82, 2.24) is 4.72 Å². The predicted molar refractivity (Wildman–Crippen MR) is 89.0 cm³/mol. The molecule has 0 saturated carbocycles. The van der Waals surface area contributed by atoms with E-state index in [4.69, 9.17) is 0 Å². The lowest BCUT2D eigenvalue weighted by Crippen LogP contribution is -2.40. The summed E-state index contributed by atoms with van der Waals surface area (Å²) in [5, 5.41) is 0. The molecule has 0 radical (unpaired) electrons. The van der Waals surface area contributed by atoms with Crippen LogP contribution in [0.25, 0.3) is 0 Å². The Bertz CT molecular complexity index is 616. The molecule has 0 spiro atoms. The zero-order valence-electron chi connectivity index (χ0n) is 13.6. The van der Waals surface area contributed by atoms with Crippen molar-refractivity contribution < 1.29 is 13.2 Å². The molecule has 122 valence electrons. The summed E-state index contributed by atoms with van der Waals surface area (Å²) in [6.07, 6.45) is 5.19. The zero-order chi connectivity index (χ0) is 16.8. The van der Waals surface area contributed by atoms with Crippen LogP contribution in [0.4, 0.5) is 0 Å². The first-order valence-corrected chi connectivity index (χ1v) is 8.92. The quantitative estimate of drug-likeness (QED) is 0.587. The molecule has 0 saturated heterocycles. The molecule has 0 atom stereocenters. The molecule has 0 unspecified atom stereocenters. The Kier molecular flexibility index (Phi) is 6.35. The molecule has 1 N–H and O–H groups in total. The Balaban J connectivity index is 2.73. The van der Waals surface area contributed by atoms with E-state index in [1.807, 2.05) is 13.0 Å². The van der Waals surface area contributed by atoms with Crippen molar-refractivity contribution in [2.75, 3.05) is 0 Å². The number of aryl methyl sites for hydroxylation is 1. The molecule has 5 heteroatoms. The van der Waals surface area contributed by atoms with Crippen molar-refractivity contribution >= 4 is 15.9 Å². The van der Waals surface area contributed by atoms with Gasteiger partial charge in [0.2, 0.25) is 5.91 Å². The van der Waals surface area contributed by atoms with Crippen molar-refractivity contribution in [3.05, 3.63) is 42.5 Å². The minimum atomic E-state index is -3.81. The van der Waals surface area contributed by atoms with E-state index in [1.165, 1.54) is 12.1 Å². The molecule has 1 aromatic carbocycles. The van der Waals surface area contributed by atoms with E-state index in [2.05, 4.69) is 11.3 Å². The van der Waals surface area contributed by atoms with Crippen LogP contribution in [-0.2, 0) is 14.8 Å². The smallest absolute Gasteiger partial charge is 0.264 e. The molecule has 0 heterocycles. The van der Waals surface area contributed by atoms with Gasteiger partial charge in [-0.25, -0.2) is 13.1 Å². The van der Waals surface area contributed by atoms with Gasteiger partial charge in [0.25, 0.3) is 10.0 Å². The van der Waals surface area contributed by atoms with Gasteiger partial charge in [0.05, 0.1) is 4.90 Å². The lowest BCUT2D eigenvalue weighted by Gasteiger charge is -2.23. The van der Waals surface area contributed by atoms with Gasteiger partial charge in [-0.1, -0.05) is 44.0 Å². The highest BCUT2D eigenvalue weighted by Crippen LogP contribution is 2.25. The van der Waals surface area contributed by atoms with Gasteiger partial charge in [-0.2, -0.15) is 0 Å². The van der Waals surface area contributed by atoms with Crippen LogP contribution in [0.3, 0.4) is 0 Å². The van der Waals surface area contributed by atoms with Gasteiger partial charge in [-0.15, -0.1) is 6.58 Å². The monoisotopic (exact) mass is 323 g/mol. The third kappa shape index (κ3) is 5.30. The van der Waals surface area contributed by atoms with Crippen LogP contribution in [0.15, 0.2) is 41.8 Å². The molecule has 0 bridgehead atoms. The van der Waals surface area contributed by atoms with Crippen LogP contribution in [-0.4, -0.2) is 14.3 Å². The van der Waals surface area contributed by atoms with Gasteiger partial charge in [0, 0.05) is 5.41 Å². The number of allylic oxidation sites excluding steroid dienone is 1. The molecular weight excluding hydrogens is 298 g/mol. The van der Waals surface area contributed by atoms with Crippen molar-refractivity contribution in [2.45, 2.75) is 51.3 Å². The minimum absolute atomic E-state index is 0.105. The Morgan fingerprint density at radius 1 is 1.23 bits per heavy atom. The second-order valence-electron chi connectivity index (χ2n) is 6.17. The van der Waals surface area contributed by atoms with Crippen molar-refractivity contribution in [2.24, 2.45) is 5.41 Å². The lowest BCUT2D eigenvalue weighted by atomic mass is 9.86. The number of nitrogens with one attached hydrogen (secondary N) is 1. The molecule has 1 amide bonds. The van der Waals surface area contributed by atoms with E-state index in [0.717, 1.165) is 24.8 Å². The summed E-state index contributed by atoms with van der Waals surface area (Å²) in [7, 11) is -3.81. The van der Waals surface area contributed by atoms with Crippen LogP contribution < -0.4 is 4.72 Å². The number of carbonyl (C=O) groups excluding carboxylic acids is 1. The second-order valence-corrected chi connectivity index (χ2v) is 7.85. The van der Waals surface area contributed by atoms with Gasteiger partial charge >= 0.3 is 0 Å². The Morgan fingerprint density at radius 3 is 2.36 bits per heavy atom. The van der Waals surface area contributed by atoms with Gasteiger partial charge in [0.15, 0.2) is 0 Å². The maximum atomic E-state index is 12.3. The molecule has 1 rings (SSSR count). The first-order chi connectivity index (χ1) is 10.2. The summed E-state index contributed by atoms with van der Waals surface area (Å²) in [6.45, 7) is 9.07. The number of amides is 1. The SMILES string of the molecule is C=CCCCCC(C)(C)C(=O)NS(=O)(=O)c1ccc(C)cc1. The second kappa shape index (κ2) is 7.58. The molecule has 22 heavy (non-hydrogen) atoms. The molecule has 4 nitrogen and oxygen atoms in total. The van der Waals surface area contributed by atoms with Crippen LogP contribution in [0, 0.1) is 12.3 Å². The molecular formula is C17H25NO3S. The summed E-state index contributed by atoms with van der Waals surface area (Å²) in [5.41, 5.74) is 0.242. The minimum Gasteiger partial charge on any atom is -0.273 e. The van der Waals surface area contributed by atoms with E-state index in [9.17, 15) is 13.2 Å². The first kappa shape index (κ1) is 18.4. The van der Waals surface area contributed by atoms with Crippen LogP contribution in [0.2, 0.25) is 0 Å². The fourth-order valence-electron chi connectivity index (χ4n) is 2.01. The highest BCUT2D eigenvalue weighted by atomic mass is 32.2. The number of hydrogen-bond donors (Lipinski definition) is 1. The largest absolute Gasteiger partial charge is 0.273 e. The highest BCUT2D eigenvalue weighted by molar-refractivity contribution is 7.90. The molecule has 1 aromatic rings. The van der Waals surface area contributed by atoms with Crippen molar-refractivity contribution in [3.63, 3.8) is 0 Å². The average Bonchev–Trinajstić information content (AvgIpc) is 2.43. The van der Waals surface area contributed by atoms with E-state index in [0.29, 0.717) is 6.42 Å². The Labute approximate surface area is 133 Å². The average molecular weight is 323 g/mol. The molecule has 0 fully saturated rings. The summed E-state index contributed by atoms with van der Waals surface area (Å²) in [4.78, 5) is 12.4. The van der Waals surface area contributed by atoms with Gasteiger partial charge < -0.3 is 0 Å². The summed E-state index contributed by atoms with van der Waals surface area (Å²) in [5.74, 6) is -0.466. The zero-order valence-corrected chi connectivity index (χ0v) is 14.4. The predicted octanol–water partition coefficient (Wildman–Crippen LogP) is 3.57. The third-order valence-corrected chi connectivity index (χ3v) is 4.98.